The number of aryl methyl sites for hydroxylation is 1. The van der Waals surface area contributed by atoms with Crippen LogP contribution in [0.1, 0.15) is 42.4 Å². The molecule has 2 saturated carbocycles. The fourth-order valence-electron chi connectivity index (χ4n) is 6.13. The van der Waals surface area contributed by atoms with Crippen LogP contribution in [0.3, 0.4) is 0 Å². The molecule has 2 aliphatic carbocycles. The second kappa shape index (κ2) is 8.40. The summed E-state index contributed by atoms with van der Waals surface area (Å²) in [6.45, 7) is 5.95. The Morgan fingerprint density at radius 1 is 1.06 bits per heavy atom. The summed E-state index contributed by atoms with van der Waals surface area (Å²) in [7, 11) is 0. The molecule has 0 bridgehead atoms. The van der Waals surface area contributed by atoms with Crippen molar-refractivity contribution in [1.82, 2.24) is 10.2 Å². The van der Waals surface area contributed by atoms with Gasteiger partial charge in [0.1, 0.15) is 0 Å². The number of amides is 1. The zero-order valence-electron chi connectivity index (χ0n) is 18.5. The lowest BCUT2D eigenvalue weighted by Crippen LogP contribution is -2.49. The third kappa shape index (κ3) is 4.04. The van der Waals surface area contributed by atoms with Crippen molar-refractivity contribution in [3.05, 3.63) is 71.3 Å². The summed E-state index contributed by atoms with van der Waals surface area (Å²) < 4.78 is 0. The maximum atomic E-state index is 13.3. The number of carbonyl (C=O) groups is 1. The number of fused-ring (bicyclic) bond motifs is 1. The van der Waals surface area contributed by atoms with Crippen molar-refractivity contribution < 1.29 is 9.90 Å². The molecular weight excluding hydrogens is 384 g/mol. The molecule has 1 saturated heterocycles. The van der Waals surface area contributed by atoms with Crippen molar-refractivity contribution in [3.8, 4) is 0 Å². The molecule has 31 heavy (non-hydrogen) atoms. The number of piperidine rings is 1. The molecule has 2 unspecified atom stereocenters. The number of nitrogens with one attached hydrogen (secondary N) is 1. The van der Waals surface area contributed by atoms with Gasteiger partial charge >= 0.3 is 0 Å². The number of hydrogen-bond donors (Lipinski definition) is 2. The van der Waals surface area contributed by atoms with E-state index in [0.717, 1.165) is 56.4 Å². The first kappa shape index (κ1) is 20.7. The summed E-state index contributed by atoms with van der Waals surface area (Å²) >= 11 is 0. The Bertz CT molecular complexity index is 912. The highest BCUT2D eigenvalue weighted by Crippen LogP contribution is 2.51. The van der Waals surface area contributed by atoms with Crippen molar-refractivity contribution in [3.63, 3.8) is 0 Å². The minimum atomic E-state index is -1.41. The lowest BCUT2D eigenvalue weighted by Gasteiger charge is -2.33. The van der Waals surface area contributed by atoms with Crippen LogP contribution in [0.2, 0.25) is 0 Å². The van der Waals surface area contributed by atoms with Gasteiger partial charge in [-0.05, 0) is 48.6 Å². The predicted octanol–water partition coefficient (Wildman–Crippen LogP) is 3.87. The quantitative estimate of drug-likeness (QED) is 0.718. The van der Waals surface area contributed by atoms with Gasteiger partial charge in [0.25, 0.3) is 5.91 Å². The van der Waals surface area contributed by atoms with E-state index in [2.05, 4.69) is 40.5 Å². The van der Waals surface area contributed by atoms with Crippen molar-refractivity contribution in [1.29, 1.82) is 0 Å². The normalized spacial score (nSPS) is 27.6. The standard InChI is InChI=1S/C27H34N2O2/c1-19-8-7-13-22(14-19)27(31,21-11-5-6-12-21)26(30)28-15-23-24-17-29(18-25(23)24)16-20-9-3-2-4-10-20/h2-4,7-10,13-14,21,23-25,31H,5-6,11-12,15-18H2,1H3,(H,28,30)/t23?,24-,25?,27+/m1/s1. The van der Waals surface area contributed by atoms with Gasteiger partial charge in [-0.3, -0.25) is 9.69 Å². The van der Waals surface area contributed by atoms with Crippen LogP contribution >= 0.6 is 0 Å². The molecule has 3 fully saturated rings. The van der Waals surface area contributed by atoms with Gasteiger partial charge in [0, 0.05) is 32.1 Å². The van der Waals surface area contributed by atoms with Gasteiger partial charge in [-0.15, -0.1) is 0 Å². The van der Waals surface area contributed by atoms with Crippen molar-refractivity contribution >= 4 is 5.91 Å². The average Bonchev–Trinajstić information content (AvgIpc) is 3.17. The third-order valence-corrected chi connectivity index (χ3v) is 7.94. The predicted molar refractivity (Wildman–Crippen MR) is 122 cm³/mol. The van der Waals surface area contributed by atoms with E-state index in [1.165, 1.54) is 5.56 Å². The Kier molecular flexibility index (Phi) is 5.61. The van der Waals surface area contributed by atoms with Crippen LogP contribution in [0.4, 0.5) is 0 Å². The minimum Gasteiger partial charge on any atom is -0.375 e. The summed E-state index contributed by atoms with van der Waals surface area (Å²) in [4.78, 5) is 15.9. The van der Waals surface area contributed by atoms with E-state index >= 15 is 0 Å². The molecule has 2 aromatic carbocycles. The van der Waals surface area contributed by atoms with E-state index in [1.807, 2.05) is 31.2 Å². The van der Waals surface area contributed by atoms with Gasteiger partial charge < -0.3 is 10.4 Å². The van der Waals surface area contributed by atoms with Crippen LogP contribution in [0, 0.1) is 30.6 Å². The molecule has 164 valence electrons. The second-order valence-electron chi connectivity index (χ2n) is 10.00. The van der Waals surface area contributed by atoms with Crippen LogP contribution in [-0.4, -0.2) is 35.5 Å². The minimum absolute atomic E-state index is 0.00867. The topological polar surface area (TPSA) is 52.6 Å². The highest BCUT2D eigenvalue weighted by molar-refractivity contribution is 5.86. The zero-order chi connectivity index (χ0) is 21.4. The molecular formula is C27H34N2O2. The largest absolute Gasteiger partial charge is 0.375 e. The van der Waals surface area contributed by atoms with E-state index in [4.69, 9.17) is 0 Å². The molecule has 1 amide bonds. The number of aliphatic hydroxyl groups is 1. The highest BCUT2D eigenvalue weighted by atomic mass is 16.3. The van der Waals surface area contributed by atoms with Crippen LogP contribution in [0.5, 0.6) is 0 Å². The second-order valence-corrected chi connectivity index (χ2v) is 10.00. The maximum Gasteiger partial charge on any atom is 0.256 e. The molecule has 0 aromatic heterocycles. The highest BCUT2D eigenvalue weighted by Gasteiger charge is 2.55. The van der Waals surface area contributed by atoms with Gasteiger partial charge in [-0.25, -0.2) is 0 Å². The summed E-state index contributed by atoms with van der Waals surface area (Å²) in [5, 5.41) is 14.9. The molecule has 5 rings (SSSR count). The number of rotatable bonds is 7. The number of carbonyl (C=O) groups excluding carboxylic acids is 1. The van der Waals surface area contributed by atoms with Gasteiger partial charge in [-0.2, -0.15) is 0 Å². The third-order valence-electron chi connectivity index (χ3n) is 7.94. The Hall–Kier alpha value is -2.17. The SMILES string of the molecule is Cc1cccc([C@](O)(C(=O)NCC2C3CN(Cc4ccccc4)C[C@H]23)C2CCCC2)c1. The Morgan fingerprint density at radius 2 is 1.77 bits per heavy atom. The molecule has 2 N–H and O–H groups in total. The molecule has 1 heterocycles. The first-order valence-corrected chi connectivity index (χ1v) is 11.9. The molecule has 4 atom stereocenters. The van der Waals surface area contributed by atoms with Crippen molar-refractivity contribution in [2.24, 2.45) is 23.7 Å². The zero-order valence-corrected chi connectivity index (χ0v) is 18.5. The maximum absolute atomic E-state index is 13.3. The van der Waals surface area contributed by atoms with Crippen LogP contribution in [-0.2, 0) is 16.9 Å². The van der Waals surface area contributed by atoms with E-state index in [0.29, 0.717) is 24.3 Å². The summed E-state index contributed by atoms with van der Waals surface area (Å²) in [5.74, 6) is 1.73. The molecule has 1 aliphatic heterocycles. The molecule has 3 aliphatic rings. The summed E-state index contributed by atoms with van der Waals surface area (Å²) in [6, 6.07) is 18.5. The molecule has 2 aromatic rings. The van der Waals surface area contributed by atoms with Crippen LogP contribution in [0.15, 0.2) is 54.6 Å². The number of likely N-dealkylation sites (tertiary alicyclic amines) is 1. The first-order valence-electron chi connectivity index (χ1n) is 11.9. The van der Waals surface area contributed by atoms with E-state index in [-0.39, 0.29) is 11.8 Å². The molecule has 4 nitrogen and oxygen atoms in total. The molecule has 0 spiro atoms. The smallest absolute Gasteiger partial charge is 0.256 e. The first-order chi connectivity index (χ1) is 15.1. The summed E-state index contributed by atoms with van der Waals surface area (Å²) in [5.41, 5.74) is 1.79. The van der Waals surface area contributed by atoms with E-state index in [1.54, 1.807) is 0 Å². The summed E-state index contributed by atoms with van der Waals surface area (Å²) in [6.07, 6.45) is 4.02. The van der Waals surface area contributed by atoms with Gasteiger partial charge in [0.05, 0.1) is 0 Å². The molecule has 0 radical (unpaired) electrons. The lowest BCUT2D eigenvalue weighted by molar-refractivity contribution is -0.147. The number of nitrogens with zero attached hydrogens (tertiary/aromatic N) is 1. The molecule has 4 heteroatoms. The van der Waals surface area contributed by atoms with Gasteiger partial charge in [0.15, 0.2) is 5.60 Å². The Labute approximate surface area is 185 Å². The fourth-order valence-corrected chi connectivity index (χ4v) is 6.13. The van der Waals surface area contributed by atoms with Crippen LogP contribution in [0.25, 0.3) is 0 Å². The monoisotopic (exact) mass is 418 g/mol. The average molecular weight is 419 g/mol. The van der Waals surface area contributed by atoms with Crippen LogP contribution < -0.4 is 5.32 Å². The van der Waals surface area contributed by atoms with Gasteiger partial charge in [-0.1, -0.05) is 73.0 Å². The van der Waals surface area contributed by atoms with E-state index in [9.17, 15) is 9.90 Å². The Balaban J connectivity index is 1.19. The number of benzene rings is 2. The fraction of sp³-hybridized carbons (Fsp3) is 0.519. The number of hydrogen-bond acceptors (Lipinski definition) is 3. The van der Waals surface area contributed by atoms with Crippen molar-refractivity contribution in [2.75, 3.05) is 19.6 Å². The van der Waals surface area contributed by atoms with Crippen molar-refractivity contribution in [2.45, 2.75) is 44.8 Å². The Morgan fingerprint density at radius 3 is 2.45 bits per heavy atom. The lowest BCUT2D eigenvalue weighted by atomic mass is 9.79. The van der Waals surface area contributed by atoms with Gasteiger partial charge in [0.2, 0.25) is 0 Å². The van der Waals surface area contributed by atoms with E-state index < -0.39 is 5.60 Å².